The number of aromatic nitrogens is 1. The predicted octanol–water partition coefficient (Wildman–Crippen LogP) is 4.91. The lowest BCUT2D eigenvalue weighted by molar-refractivity contribution is 0.619. The van der Waals surface area contributed by atoms with Crippen LogP contribution in [-0.2, 0) is 0 Å². The predicted molar refractivity (Wildman–Crippen MR) is 84.0 cm³/mol. The van der Waals surface area contributed by atoms with E-state index in [1.165, 1.54) is 0 Å². The normalized spacial score (nSPS) is 11.1. The van der Waals surface area contributed by atoms with E-state index in [0.29, 0.717) is 17.2 Å². The van der Waals surface area contributed by atoms with Gasteiger partial charge < -0.3 is 10.2 Å². The number of aryl methyl sites for hydroxylation is 1. The Bertz CT molecular complexity index is 780. The molecule has 1 aromatic heterocycles. The number of benzene rings is 2. The lowest BCUT2D eigenvalue weighted by Gasteiger charge is -1.99. The summed E-state index contributed by atoms with van der Waals surface area (Å²) in [5.74, 6) is 0.603. The maximum Gasteiger partial charge on any atom is 0.227 e. The summed E-state index contributed by atoms with van der Waals surface area (Å²) in [6.45, 7) is 2.03. The quantitative estimate of drug-likeness (QED) is 0.609. The molecule has 0 aliphatic rings. The third kappa shape index (κ3) is 2.07. The molecular weight excluding hydrogens is 372 g/mol. The first-order chi connectivity index (χ1) is 9.08. The number of nitrogens with zero attached hydrogens (tertiary/aromatic N) is 1. The van der Waals surface area contributed by atoms with E-state index >= 15 is 0 Å². The largest absolute Gasteiger partial charge is 0.436 e. The highest BCUT2D eigenvalue weighted by atomic mass is 79.9. The molecule has 0 spiro atoms. The van der Waals surface area contributed by atoms with Gasteiger partial charge in [0.2, 0.25) is 5.89 Å². The second-order valence-corrected chi connectivity index (χ2v) is 5.91. The van der Waals surface area contributed by atoms with Gasteiger partial charge in [0.15, 0.2) is 5.58 Å². The van der Waals surface area contributed by atoms with Crippen molar-refractivity contribution >= 4 is 48.6 Å². The molecule has 1 heterocycles. The Kier molecular flexibility index (Phi) is 3.11. The van der Waals surface area contributed by atoms with E-state index < -0.39 is 0 Å². The molecule has 2 aromatic carbocycles. The van der Waals surface area contributed by atoms with Gasteiger partial charge in [-0.2, -0.15) is 0 Å². The zero-order chi connectivity index (χ0) is 13.6. The van der Waals surface area contributed by atoms with Crippen molar-refractivity contribution in [3.05, 3.63) is 44.8 Å². The molecule has 96 valence electrons. The van der Waals surface area contributed by atoms with Gasteiger partial charge in [-0.1, -0.05) is 18.2 Å². The molecule has 3 rings (SSSR count). The second-order valence-electron chi connectivity index (χ2n) is 4.27. The van der Waals surface area contributed by atoms with Crippen LogP contribution in [0, 0.1) is 6.92 Å². The van der Waals surface area contributed by atoms with Crippen molar-refractivity contribution in [3.8, 4) is 11.5 Å². The van der Waals surface area contributed by atoms with Gasteiger partial charge in [0, 0.05) is 10.0 Å². The van der Waals surface area contributed by atoms with E-state index in [9.17, 15) is 0 Å². The Morgan fingerprint density at radius 3 is 2.68 bits per heavy atom. The highest BCUT2D eigenvalue weighted by molar-refractivity contribution is 9.11. The van der Waals surface area contributed by atoms with E-state index in [4.69, 9.17) is 10.2 Å². The minimum absolute atomic E-state index is 0.603. The molecule has 0 fully saturated rings. The first-order valence-electron chi connectivity index (χ1n) is 5.68. The molecule has 0 aliphatic heterocycles. The highest BCUT2D eigenvalue weighted by Gasteiger charge is 2.15. The topological polar surface area (TPSA) is 52.0 Å². The smallest absolute Gasteiger partial charge is 0.227 e. The van der Waals surface area contributed by atoms with Crippen LogP contribution in [0.25, 0.3) is 22.6 Å². The Morgan fingerprint density at radius 2 is 1.95 bits per heavy atom. The van der Waals surface area contributed by atoms with Gasteiger partial charge in [0.1, 0.15) is 5.52 Å². The van der Waals surface area contributed by atoms with Crippen LogP contribution in [0.4, 0.5) is 5.69 Å². The van der Waals surface area contributed by atoms with Crippen molar-refractivity contribution in [2.45, 2.75) is 6.92 Å². The second kappa shape index (κ2) is 4.65. The first kappa shape index (κ1) is 12.7. The zero-order valence-electron chi connectivity index (χ0n) is 10.1. The number of anilines is 1. The number of hydrogen-bond acceptors (Lipinski definition) is 3. The summed E-state index contributed by atoms with van der Waals surface area (Å²) in [6.07, 6.45) is 0. The Balaban J connectivity index is 2.29. The lowest BCUT2D eigenvalue weighted by atomic mass is 10.1. The molecule has 3 nitrogen and oxygen atoms in total. The monoisotopic (exact) mass is 380 g/mol. The van der Waals surface area contributed by atoms with E-state index in [1.807, 2.05) is 37.3 Å². The molecule has 19 heavy (non-hydrogen) atoms. The molecule has 0 unspecified atom stereocenters. The van der Waals surface area contributed by atoms with E-state index in [1.54, 1.807) is 0 Å². The molecule has 0 saturated carbocycles. The summed E-state index contributed by atoms with van der Waals surface area (Å²) in [7, 11) is 0. The van der Waals surface area contributed by atoms with Crippen molar-refractivity contribution in [3.63, 3.8) is 0 Å². The summed E-state index contributed by atoms with van der Waals surface area (Å²) in [4.78, 5) is 4.53. The molecule has 0 amide bonds. The van der Waals surface area contributed by atoms with Gasteiger partial charge in [-0.05, 0) is 56.5 Å². The fourth-order valence-electron chi connectivity index (χ4n) is 1.94. The van der Waals surface area contributed by atoms with Gasteiger partial charge in [0.05, 0.1) is 10.2 Å². The van der Waals surface area contributed by atoms with E-state index in [0.717, 1.165) is 25.6 Å². The summed E-state index contributed by atoms with van der Waals surface area (Å²) in [6, 6.07) is 9.82. The number of fused-ring (bicyclic) bond motifs is 1. The van der Waals surface area contributed by atoms with Crippen LogP contribution in [0.3, 0.4) is 0 Å². The molecule has 0 bridgehead atoms. The highest BCUT2D eigenvalue weighted by Crippen LogP contribution is 2.37. The Labute approximate surface area is 127 Å². The minimum Gasteiger partial charge on any atom is -0.436 e. The van der Waals surface area contributed by atoms with Crippen LogP contribution in [0.15, 0.2) is 43.7 Å². The van der Waals surface area contributed by atoms with Crippen molar-refractivity contribution in [2.24, 2.45) is 0 Å². The molecule has 2 N–H and O–H groups in total. The van der Waals surface area contributed by atoms with Crippen molar-refractivity contribution in [2.75, 3.05) is 5.73 Å². The standard InChI is InChI=1S/C14H10Br2N2O/c1-7-4-2-3-5-8(7)14-18-13-10(19-14)6-9(15)12(17)11(13)16/h2-6H,17H2,1H3. The Hall–Kier alpha value is -1.33. The van der Waals surface area contributed by atoms with Crippen LogP contribution in [0.2, 0.25) is 0 Å². The number of nitrogen functional groups attached to an aromatic ring is 1. The molecule has 3 aromatic rings. The number of oxazole rings is 1. The summed E-state index contributed by atoms with van der Waals surface area (Å²) >= 11 is 6.86. The fraction of sp³-hybridized carbons (Fsp3) is 0.0714. The van der Waals surface area contributed by atoms with E-state index in [-0.39, 0.29) is 0 Å². The molecular formula is C14H10Br2N2O. The zero-order valence-corrected chi connectivity index (χ0v) is 13.2. The molecule has 0 radical (unpaired) electrons. The molecule has 0 aliphatic carbocycles. The molecule has 5 heteroatoms. The summed E-state index contributed by atoms with van der Waals surface area (Å²) in [5.41, 5.74) is 10.1. The van der Waals surface area contributed by atoms with Gasteiger partial charge in [-0.3, -0.25) is 0 Å². The number of nitrogens with two attached hydrogens (primary N) is 1. The third-order valence-electron chi connectivity index (χ3n) is 2.99. The van der Waals surface area contributed by atoms with Crippen LogP contribution in [-0.4, -0.2) is 4.98 Å². The van der Waals surface area contributed by atoms with Crippen LogP contribution in [0.5, 0.6) is 0 Å². The third-order valence-corrected chi connectivity index (χ3v) is 4.45. The van der Waals surface area contributed by atoms with Crippen LogP contribution in [0.1, 0.15) is 5.56 Å². The average Bonchev–Trinajstić information content (AvgIpc) is 2.80. The van der Waals surface area contributed by atoms with Gasteiger partial charge >= 0.3 is 0 Å². The Morgan fingerprint density at radius 1 is 1.21 bits per heavy atom. The lowest BCUT2D eigenvalue weighted by Crippen LogP contribution is -1.89. The average molecular weight is 382 g/mol. The van der Waals surface area contributed by atoms with Gasteiger partial charge in [-0.15, -0.1) is 0 Å². The van der Waals surface area contributed by atoms with Crippen molar-refractivity contribution in [1.29, 1.82) is 0 Å². The number of rotatable bonds is 1. The number of halogens is 2. The molecule has 0 saturated heterocycles. The van der Waals surface area contributed by atoms with Crippen molar-refractivity contribution in [1.82, 2.24) is 4.98 Å². The summed E-state index contributed by atoms with van der Waals surface area (Å²) in [5, 5.41) is 0. The maximum absolute atomic E-state index is 5.95. The minimum atomic E-state index is 0.603. The number of hydrogen-bond donors (Lipinski definition) is 1. The first-order valence-corrected chi connectivity index (χ1v) is 7.26. The summed E-state index contributed by atoms with van der Waals surface area (Å²) < 4.78 is 7.37. The van der Waals surface area contributed by atoms with Crippen LogP contribution >= 0.6 is 31.9 Å². The van der Waals surface area contributed by atoms with E-state index in [2.05, 4.69) is 36.8 Å². The van der Waals surface area contributed by atoms with Gasteiger partial charge in [0.25, 0.3) is 0 Å². The van der Waals surface area contributed by atoms with Crippen LogP contribution < -0.4 is 5.73 Å². The SMILES string of the molecule is Cc1ccccc1-c1nc2c(Br)c(N)c(Br)cc2o1. The fourth-order valence-corrected chi connectivity index (χ4v) is 3.11. The van der Waals surface area contributed by atoms with Crippen molar-refractivity contribution < 1.29 is 4.42 Å². The van der Waals surface area contributed by atoms with Gasteiger partial charge in [-0.25, -0.2) is 4.98 Å². The maximum atomic E-state index is 5.95. The molecule has 0 atom stereocenters.